The van der Waals surface area contributed by atoms with E-state index in [9.17, 15) is 14.5 Å². The molecule has 3 aromatic heterocycles. The summed E-state index contributed by atoms with van der Waals surface area (Å²) in [6.07, 6.45) is 6.05. The molecule has 0 amide bonds. The van der Waals surface area contributed by atoms with E-state index in [1.807, 2.05) is 0 Å². The average molecular weight is 349 g/mol. The fourth-order valence-electron chi connectivity index (χ4n) is 2.84. The standard InChI is InChI=1S/C18H12FN5O2/c19-15-4-3-13(17-14(15)2-1-7-21-17)10-23-11-16(24(25)26)18(22-23)12-5-8-20-9-6-12/h1-9,11H,10H2. The van der Waals surface area contributed by atoms with Gasteiger partial charge in [0.1, 0.15) is 12.0 Å². The zero-order chi connectivity index (χ0) is 18.1. The van der Waals surface area contributed by atoms with Crippen LogP contribution in [0.1, 0.15) is 5.56 Å². The molecule has 8 heteroatoms. The number of nitro groups is 1. The summed E-state index contributed by atoms with van der Waals surface area (Å²) < 4.78 is 15.4. The predicted molar refractivity (Wildman–Crippen MR) is 92.9 cm³/mol. The molecule has 1 aromatic carbocycles. The number of benzene rings is 1. The topological polar surface area (TPSA) is 86.7 Å². The lowest BCUT2D eigenvalue weighted by Gasteiger charge is -2.06. The van der Waals surface area contributed by atoms with Gasteiger partial charge in [-0.05, 0) is 30.3 Å². The maximum atomic E-state index is 13.9. The Morgan fingerprint density at radius 3 is 2.69 bits per heavy atom. The van der Waals surface area contributed by atoms with Gasteiger partial charge in [-0.15, -0.1) is 0 Å². The van der Waals surface area contributed by atoms with Gasteiger partial charge in [0.25, 0.3) is 0 Å². The maximum Gasteiger partial charge on any atom is 0.314 e. The van der Waals surface area contributed by atoms with Crippen LogP contribution in [-0.2, 0) is 6.54 Å². The van der Waals surface area contributed by atoms with E-state index in [1.165, 1.54) is 16.9 Å². The third-order valence-corrected chi connectivity index (χ3v) is 4.03. The maximum absolute atomic E-state index is 13.9. The van der Waals surface area contributed by atoms with Crippen LogP contribution >= 0.6 is 0 Å². The molecule has 4 aromatic rings. The molecule has 3 heterocycles. The van der Waals surface area contributed by atoms with Gasteiger partial charge in [0, 0.05) is 35.1 Å². The van der Waals surface area contributed by atoms with Crippen LogP contribution in [0.5, 0.6) is 0 Å². The predicted octanol–water partition coefficient (Wildman–Crippen LogP) is 3.59. The minimum Gasteiger partial charge on any atom is -0.265 e. The Hall–Kier alpha value is -3.68. The number of hydrogen-bond acceptors (Lipinski definition) is 5. The lowest BCUT2D eigenvalue weighted by molar-refractivity contribution is -0.384. The van der Waals surface area contributed by atoms with E-state index in [-0.39, 0.29) is 23.7 Å². The minimum atomic E-state index is -0.472. The first kappa shape index (κ1) is 15.8. The highest BCUT2D eigenvalue weighted by Gasteiger charge is 2.21. The van der Waals surface area contributed by atoms with E-state index < -0.39 is 4.92 Å². The molecule has 0 radical (unpaired) electrons. The molecule has 128 valence electrons. The van der Waals surface area contributed by atoms with Crippen molar-refractivity contribution in [1.29, 1.82) is 0 Å². The molecule has 0 saturated heterocycles. The van der Waals surface area contributed by atoms with E-state index >= 15 is 0 Å². The first-order valence-corrected chi connectivity index (χ1v) is 7.78. The Morgan fingerprint density at radius 2 is 1.92 bits per heavy atom. The molecule has 26 heavy (non-hydrogen) atoms. The average Bonchev–Trinajstić information content (AvgIpc) is 3.09. The fourth-order valence-corrected chi connectivity index (χ4v) is 2.84. The number of nitrogens with zero attached hydrogens (tertiary/aromatic N) is 5. The van der Waals surface area contributed by atoms with Crippen molar-refractivity contribution in [3.05, 3.63) is 82.7 Å². The number of pyridine rings is 2. The summed E-state index contributed by atoms with van der Waals surface area (Å²) >= 11 is 0. The molecule has 0 fully saturated rings. The molecule has 0 atom stereocenters. The van der Waals surface area contributed by atoms with E-state index in [4.69, 9.17) is 0 Å². The first-order valence-electron chi connectivity index (χ1n) is 7.78. The second-order valence-electron chi connectivity index (χ2n) is 5.66. The summed E-state index contributed by atoms with van der Waals surface area (Å²) in [6, 6.07) is 9.61. The SMILES string of the molecule is O=[N+]([O-])c1cn(Cc2ccc(F)c3cccnc23)nc1-c1ccncc1. The summed E-state index contributed by atoms with van der Waals surface area (Å²) in [5.41, 5.74) is 2.00. The first-order chi connectivity index (χ1) is 12.6. The van der Waals surface area contributed by atoms with Gasteiger partial charge in [0.2, 0.25) is 0 Å². The van der Waals surface area contributed by atoms with Crippen LogP contribution < -0.4 is 0 Å². The van der Waals surface area contributed by atoms with Crippen molar-refractivity contribution in [3.8, 4) is 11.3 Å². The normalized spacial score (nSPS) is 11.0. The zero-order valence-corrected chi connectivity index (χ0v) is 13.4. The molecule has 7 nitrogen and oxygen atoms in total. The smallest absolute Gasteiger partial charge is 0.265 e. The van der Waals surface area contributed by atoms with Crippen LogP contribution in [0.3, 0.4) is 0 Å². The third kappa shape index (κ3) is 2.77. The van der Waals surface area contributed by atoms with E-state index in [0.717, 1.165) is 5.56 Å². The van der Waals surface area contributed by atoms with Crippen LogP contribution in [0.15, 0.2) is 61.2 Å². The molecule has 0 bridgehead atoms. The summed E-state index contributed by atoms with van der Waals surface area (Å²) in [7, 11) is 0. The van der Waals surface area contributed by atoms with Gasteiger partial charge in [-0.25, -0.2) is 4.39 Å². The van der Waals surface area contributed by atoms with Crippen LogP contribution in [0.2, 0.25) is 0 Å². The van der Waals surface area contributed by atoms with Gasteiger partial charge in [-0.3, -0.25) is 24.8 Å². The van der Waals surface area contributed by atoms with Gasteiger partial charge >= 0.3 is 5.69 Å². The fraction of sp³-hybridized carbons (Fsp3) is 0.0556. The van der Waals surface area contributed by atoms with E-state index in [1.54, 1.807) is 48.9 Å². The molecule has 0 aliphatic carbocycles. The lowest BCUT2D eigenvalue weighted by atomic mass is 10.1. The largest absolute Gasteiger partial charge is 0.314 e. The lowest BCUT2D eigenvalue weighted by Crippen LogP contribution is -2.02. The van der Waals surface area contributed by atoms with Crippen LogP contribution in [-0.4, -0.2) is 24.7 Å². The highest BCUT2D eigenvalue weighted by Crippen LogP contribution is 2.28. The zero-order valence-electron chi connectivity index (χ0n) is 13.4. The highest BCUT2D eigenvalue weighted by atomic mass is 19.1. The number of aromatic nitrogens is 4. The molecule has 0 unspecified atom stereocenters. The molecule has 0 aliphatic rings. The van der Waals surface area contributed by atoms with E-state index in [2.05, 4.69) is 15.1 Å². The summed E-state index contributed by atoms with van der Waals surface area (Å²) in [6.45, 7) is 0.236. The Balaban J connectivity index is 1.79. The van der Waals surface area contributed by atoms with Crippen LogP contribution in [0, 0.1) is 15.9 Å². The van der Waals surface area contributed by atoms with Crippen molar-refractivity contribution in [1.82, 2.24) is 19.7 Å². The number of hydrogen-bond donors (Lipinski definition) is 0. The van der Waals surface area contributed by atoms with Crippen molar-refractivity contribution in [2.45, 2.75) is 6.54 Å². The Labute approximate surface area is 146 Å². The van der Waals surface area contributed by atoms with Crippen molar-refractivity contribution in [3.63, 3.8) is 0 Å². The highest BCUT2D eigenvalue weighted by molar-refractivity contribution is 5.82. The molecular formula is C18H12FN5O2. The summed E-state index contributed by atoms with van der Waals surface area (Å²) in [4.78, 5) is 19.1. The van der Waals surface area contributed by atoms with Gasteiger partial charge in [-0.2, -0.15) is 5.10 Å². The van der Waals surface area contributed by atoms with E-state index in [0.29, 0.717) is 16.5 Å². The van der Waals surface area contributed by atoms with Crippen LogP contribution in [0.4, 0.5) is 10.1 Å². The molecular weight excluding hydrogens is 337 g/mol. The number of fused-ring (bicyclic) bond motifs is 1. The summed E-state index contributed by atoms with van der Waals surface area (Å²) in [5.74, 6) is -0.360. The Kier molecular flexibility index (Phi) is 3.85. The number of halogens is 1. The van der Waals surface area contributed by atoms with Crippen molar-refractivity contribution in [2.75, 3.05) is 0 Å². The summed E-state index contributed by atoms with van der Waals surface area (Å²) in [5, 5.41) is 16.1. The molecule has 0 spiro atoms. The number of rotatable bonds is 4. The Bertz CT molecular complexity index is 1110. The van der Waals surface area contributed by atoms with Crippen molar-refractivity contribution < 1.29 is 9.31 Å². The van der Waals surface area contributed by atoms with Crippen molar-refractivity contribution in [2.24, 2.45) is 0 Å². The monoisotopic (exact) mass is 349 g/mol. The second-order valence-corrected chi connectivity index (χ2v) is 5.66. The van der Waals surface area contributed by atoms with Crippen molar-refractivity contribution >= 4 is 16.6 Å². The molecule has 0 N–H and O–H groups in total. The molecule has 4 rings (SSSR count). The van der Waals surface area contributed by atoms with Gasteiger partial charge in [0.05, 0.1) is 17.0 Å². The third-order valence-electron chi connectivity index (χ3n) is 4.03. The van der Waals surface area contributed by atoms with Crippen LogP contribution in [0.25, 0.3) is 22.2 Å². The quantitative estimate of drug-likeness (QED) is 0.415. The van der Waals surface area contributed by atoms with Gasteiger partial charge < -0.3 is 0 Å². The van der Waals surface area contributed by atoms with Gasteiger partial charge in [-0.1, -0.05) is 6.07 Å². The molecule has 0 aliphatic heterocycles. The Morgan fingerprint density at radius 1 is 1.12 bits per heavy atom. The minimum absolute atomic E-state index is 0.101. The molecule has 0 saturated carbocycles. The van der Waals surface area contributed by atoms with Gasteiger partial charge in [0.15, 0.2) is 5.69 Å². The second kappa shape index (κ2) is 6.32.